The third-order valence-electron chi connectivity index (χ3n) is 5.12. The van der Waals surface area contributed by atoms with E-state index in [0.29, 0.717) is 32.2 Å². The lowest BCUT2D eigenvalue weighted by atomic mass is 10.1. The Morgan fingerprint density at radius 3 is 2.08 bits per heavy atom. The van der Waals surface area contributed by atoms with E-state index in [2.05, 4.69) is 31.0 Å². The fourth-order valence-electron chi connectivity index (χ4n) is 3.13. The Labute approximate surface area is 229 Å². The predicted octanol–water partition coefficient (Wildman–Crippen LogP) is -3.57. The predicted molar refractivity (Wildman–Crippen MR) is 140 cm³/mol. The fraction of sp³-hybridized carbons (Fsp3) is 0.667. The molecule has 0 heterocycles. The summed E-state index contributed by atoms with van der Waals surface area (Å²) in [5.41, 5.74) is 23.8. The van der Waals surface area contributed by atoms with Crippen LogP contribution in [0.3, 0.4) is 0 Å². The van der Waals surface area contributed by atoms with E-state index in [1.165, 1.54) is 0 Å². The molecule has 0 fully saturated rings. The first-order valence-electron chi connectivity index (χ1n) is 12.3. The van der Waals surface area contributed by atoms with Crippen molar-refractivity contribution in [1.82, 2.24) is 21.3 Å². The Balaban J connectivity index is 5.11. The molecule has 0 aliphatic heterocycles. The van der Waals surface area contributed by atoms with Crippen LogP contribution in [0, 0.1) is 0 Å². The first-order valence-corrected chi connectivity index (χ1v) is 12.3. The monoisotopic (exact) mass is 571 g/mol. The first-order chi connectivity index (χ1) is 18.9. The number of carboxylic acid groups (broad SMARTS) is 1. The van der Waals surface area contributed by atoms with Gasteiger partial charge in [0.2, 0.25) is 29.5 Å². The minimum Gasteiger partial charge on any atom is -0.481 e. The highest BCUT2D eigenvalue weighted by Gasteiger charge is 2.28. The number of rotatable bonds is 21. The maximum Gasteiger partial charge on any atom is 0.305 e. The number of azide groups is 1. The summed E-state index contributed by atoms with van der Waals surface area (Å²) in [5, 5.41) is 30.6. The number of nitrogens with zero attached hydrogens (tertiary/aromatic N) is 4. The second-order valence-electron chi connectivity index (χ2n) is 8.42. The summed E-state index contributed by atoms with van der Waals surface area (Å²) in [6.07, 6.45) is 1.36. The van der Waals surface area contributed by atoms with E-state index in [-0.39, 0.29) is 25.3 Å². The van der Waals surface area contributed by atoms with E-state index in [0.717, 1.165) is 0 Å². The minimum atomic E-state index is -1.65. The highest BCUT2D eigenvalue weighted by Crippen LogP contribution is 2.04. The second-order valence-corrected chi connectivity index (χ2v) is 8.42. The summed E-state index contributed by atoms with van der Waals surface area (Å²) in [6.45, 7) is -1.05. The Morgan fingerprint density at radius 2 is 1.50 bits per heavy atom. The SMILES string of the molecule is [N-]=[N+]=NCCCCCC(=O)N[C@@H](CCCN=C(N)N)C(=O)NCC(=O)N[C@@H](CC(=O)O)C(=O)N[C@@H](CO)C(N)=O. The number of nitrogens with one attached hydrogen (secondary N) is 4. The van der Waals surface area contributed by atoms with Gasteiger partial charge in [0, 0.05) is 24.4 Å². The van der Waals surface area contributed by atoms with Crippen molar-refractivity contribution >= 4 is 41.5 Å². The number of carboxylic acids is 1. The molecular weight excluding hydrogens is 534 g/mol. The molecule has 0 unspecified atom stereocenters. The number of carbonyl (C=O) groups excluding carboxylic acids is 5. The molecule has 0 saturated carbocycles. The van der Waals surface area contributed by atoms with E-state index in [4.69, 9.17) is 32.9 Å². The quantitative estimate of drug-likeness (QED) is 0.0163. The van der Waals surface area contributed by atoms with Crippen molar-refractivity contribution in [3.8, 4) is 0 Å². The summed E-state index contributed by atoms with van der Waals surface area (Å²) in [5.74, 6) is -5.88. The van der Waals surface area contributed by atoms with Gasteiger partial charge in [-0.3, -0.25) is 33.8 Å². The number of hydrogen-bond acceptors (Lipinski definition) is 9. The molecule has 0 aliphatic rings. The maximum absolute atomic E-state index is 12.7. The fourth-order valence-corrected chi connectivity index (χ4v) is 3.13. The zero-order valence-electron chi connectivity index (χ0n) is 21.9. The number of aliphatic hydroxyl groups is 1. The van der Waals surface area contributed by atoms with Crippen molar-refractivity contribution in [2.75, 3.05) is 26.2 Å². The van der Waals surface area contributed by atoms with Gasteiger partial charge in [-0.1, -0.05) is 11.5 Å². The van der Waals surface area contributed by atoms with Gasteiger partial charge in [0.05, 0.1) is 19.6 Å². The molecule has 224 valence electrons. The number of nitrogens with two attached hydrogens (primary N) is 3. The van der Waals surface area contributed by atoms with E-state index < -0.39 is 73.2 Å². The second kappa shape index (κ2) is 20.3. The lowest BCUT2D eigenvalue weighted by Gasteiger charge is -2.21. The number of hydrogen-bond donors (Lipinski definition) is 9. The van der Waals surface area contributed by atoms with Gasteiger partial charge in [0.25, 0.3) is 0 Å². The standard InChI is InChI=1S/C21H37N11O8/c22-18(38)14(11-33)31-20(40)13(9-17(36)37)30-16(35)10-27-19(39)12(5-4-7-26-21(23)24)29-15(34)6-2-1-3-8-28-32-25/h12-14,33H,1-11H2,(H2,22,38)(H,27,39)(H,29,34)(H,30,35)(H,31,40)(H,36,37)(H4,23,24,26)/t12-,13-,14-/m0/s1. The molecule has 3 atom stereocenters. The topological polar surface area (TPSA) is 330 Å². The molecule has 0 aromatic carbocycles. The number of aliphatic hydroxyl groups excluding tert-OH is 1. The van der Waals surface area contributed by atoms with Crippen LogP contribution in [0.4, 0.5) is 0 Å². The van der Waals surface area contributed by atoms with Crippen LogP contribution in [0.15, 0.2) is 10.1 Å². The van der Waals surface area contributed by atoms with Crippen molar-refractivity contribution in [2.24, 2.45) is 27.3 Å². The van der Waals surface area contributed by atoms with Gasteiger partial charge in [-0.2, -0.15) is 0 Å². The summed E-state index contributed by atoms with van der Waals surface area (Å²) in [6, 6.07) is -4.21. The van der Waals surface area contributed by atoms with Crippen LogP contribution in [0.1, 0.15) is 44.9 Å². The van der Waals surface area contributed by atoms with Crippen LogP contribution in [-0.4, -0.2) is 96.0 Å². The minimum absolute atomic E-state index is 0.0978. The normalized spacial score (nSPS) is 12.4. The molecule has 0 aromatic rings. The number of guanidine groups is 1. The zero-order valence-corrected chi connectivity index (χ0v) is 21.9. The largest absolute Gasteiger partial charge is 0.481 e. The zero-order chi connectivity index (χ0) is 30.5. The number of aliphatic carboxylic acids is 1. The Morgan fingerprint density at radius 1 is 0.825 bits per heavy atom. The van der Waals surface area contributed by atoms with Crippen molar-refractivity contribution in [2.45, 2.75) is 63.1 Å². The highest BCUT2D eigenvalue weighted by atomic mass is 16.4. The third-order valence-corrected chi connectivity index (χ3v) is 5.12. The van der Waals surface area contributed by atoms with Crippen LogP contribution in [0.2, 0.25) is 0 Å². The van der Waals surface area contributed by atoms with Crippen LogP contribution < -0.4 is 38.5 Å². The van der Waals surface area contributed by atoms with Gasteiger partial charge in [0.15, 0.2) is 5.96 Å². The van der Waals surface area contributed by atoms with Crippen LogP contribution >= 0.6 is 0 Å². The van der Waals surface area contributed by atoms with E-state index >= 15 is 0 Å². The third kappa shape index (κ3) is 17.0. The molecule has 19 heteroatoms. The number of unbranched alkanes of at least 4 members (excludes halogenated alkanes) is 2. The molecular formula is C21H37N11O8. The molecule has 19 nitrogen and oxygen atoms in total. The Hall–Kier alpha value is -4.64. The van der Waals surface area contributed by atoms with E-state index in [9.17, 15) is 28.8 Å². The number of carbonyl (C=O) groups is 6. The number of amides is 5. The van der Waals surface area contributed by atoms with Gasteiger partial charge in [-0.05, 0) is 31.2 Å². The molecule has 40 heavy (non-hydrogen) atoms. The average molecular weight is 572 g/mol. The molecule has 0 rings (SSSR count). The van der Waals surface area contributed by atoms with Crippen LogP contribution in [0.5, 0.6) is 0 Å². The Bertz CT molecular complexity index is 964. The van der Waals surface area contributed by atoms with E-state index in [1.54, 1.807) is 0 Å². The molecule has 5 amide bonds. The first kappa shape index (κ1) is 35.4. The molecule has 0 aliphatic carbocycles. The average Bonchev–Trinajstić information content (AvgIpc) is 2.88. The van der Waals surface area contributed by atoms with Crippen molar-refractivity contribution in [3.05, 3.63) is 10.4 Å². The lowest BCUT2D eigenvalue weighted by molar-refractivity contribution is -0.141. The number of aliphatic imine (C=N–C) groups is 1. The maximum atomic E-state index is 12.7. The summed E-state index contributed by atoms with van der Waals surface area (Å²) in [7, 11) is 0. The molecule has 0 aromatic heterocycles. The lowest BCUT2D eigenvalue weighted by Crippen LogP contribution is -2.56. The highest BCUT2D eigenvalue weighted by molar-refractivity contribution is 5.95. The molecule has 0 bridgehead atoms. The summed E-state index contributed by atoms with van der Waals surface area (Å²) in [4.78, 5) is 78.5. The van der Waals surface area contributed by atoms with Crippen LogP contribution in [-0.2, 0) is 28.8 Å². The molecule has 12 N–H and O–H groups in total. The van der Waals surface area contributed by atoms with Gasteiger partial charge in [0.1, 0.15) is 18.1 Å². The van der Waals surface area contributed by atoms with Crippen molar-refractivity contribution < 1.29 is 39.0 Å². The number of primary amides is 1. The molecule has 0 spiro atoms. The Kier molecular flexibility index (Phi) is 18.0. The van der Waals surface area contributed by atoms with Crippen LogP contribution in [0.25, 0.3) is 10.4 Å². The van der Waals surface area contributed by atoms with Gasteiger partial charge >= 0.3 is 5.97 Å². The van der Waals surface area contributed by atoms with E-state index in [1.807, 2.05) is 5.32 Å². The molecule has 0 radical (unpaired) electrons. The van der Waals surface area contributed by atoms with Gasteiger partial charge in [-0.25, -0.2) is 0 Å². The summed E-state index contributed by atoms with van der Waals surface area (Å²) >= 11 is 0. The summed E-state index contributed by atoms with van der Waals surface area (Å²) < 4.78 is 0. The van der Waals surface area contributed by atoms with Gasteiger partial charge in [-0.15, -0.1) is 0 Å². The van der Waals surface area contributed by atoms with Crippen molar-refractivity contribution in [3.63, 3.8) is 0 Å². The smallest absolute Gasteiger partial charge is 0.305 e. The molecule has 0 saturated heterocycles. The van der Waals surface area contributed by atoms with Crippen molar-refractivity contribution in [1.29, 1.82) is 0 Å². The van der Waals surface area contributed by atoms with Gasteiger partial charge < -0.3 is 48.7 Å².